The molecule has 0 atom stereocenters. The molecule has 0 saturated heterocycles. The van der Waals surface area contributed by atoms with Crippen LogP contribution in [0.25, 0.3) is 21.3 Å². The Morgan fingerprint density at radius 1 is 1.23 bits per heavy atom. The minimum atomic E-state index is -0.368. The molecule has 148 valence electrons. The number of anilines is 3. The molecule has 30 heavy (non-hydrogen) atoms. The van der Waals surface area contributed by atoms with Crippen LogP contribution in [0, 0.1) is 11.3 Å². The van der Waals surface area contributed by atoms with Gasteiger partial charge in [-0.25, -0.2) is 4.98 Å². The van der Waals surface area contributed by atoms with E-state index < -0.39 is 0 Å². The van der Waals surface area contributed by atoms with Gasteiger partial charge < -0.3 is 16.8 Å². The van der Waals surface area contributed by atoms with Crippen molar-refractivity contribution in [3.63, 3.8) is 0 Å². The van der Waals surface area contributed by atoms with Gasteiger partial charge >= 0.3 is 0 Å². The number of hydrogen-bond donors (Lipinski definition) is 3. The monoisotopic (exact) mass is 414 g/mol. The second-order valence-electron chi connectivity index (χ2n) is 6.63. The topological polar surface area (TPSA) is 131 Å². The lowest BCUT2D eigenvalue weighted by Gasteiger charge is -2.10. The average molecular weight is 414 g/mol. The first-order valence-electron chi connectivity index (χ1n) is 9.25. The molecule has 1 aromatic carbocycles. The third-order valence-electron chi connectivity index (χ3n) is 4.79. The van der Waals surface area contributed by atoms with E-state index in [-0.39, 0.29) is 23.0 Å². The molecule has 0 aliphatic carbocycles. The second kappa shape index (κ2) is 7.81. The maximum atomic E-state index is 12.8. The molecule has 0 aliphatic heterocycles. The molecule has 0 saturated carbocycles. The number of nitriles is 1. The summed E-state index contributed by atoms with van der Waals surface area (Å²) >= 11 is 1.14. The fraction of sp³-hybridized carbons (Fsp3) is 0.0909. The van der Waals surface area contributed by atoms with Gasteiger partial charge in [0, 0.05) is 17.1 Å². The molecule has 7 nitrogen and oxygen atoms in total. The summed E-state index contributed by atoms with van der Waals surface area (Å²) in [6.07, 6.45) is 4.07. The van der Waals surface area contributed by atoms with Gasteiger partial charge in [0.05, 0.1) is 17.6 Å². The van der Waals surface area contributed by atoms with Gasteiger partial charge in [0.1, 0.15) is 27.2 Å². The average Bonchev–Trinajstić information content (AvgIpc) is 3.09. The van der Waals surface area contributed by atoms with E-state index in [1.807, 2.05) is 24.3 Å². The quantitative estimate of drug-likeness (QED) is 0.458. The van der Waals surface area contributed by atoms with E-state index in [4.69, 9.17) is 11.5 Å². The van der Waals surface area contributed by atoms with E-state index in [2.05, 4.69) is 28.3 Å². The first kappa shape index (κ1) is 19.4. The number of amides is 1. The van der Waals surface area contributed by atoms with Gasteiger partial charge in [-0.15, -0.1) is 11.3 Å². The lowest BCUT2D eigenvalue weighted by Crippen LogP contribution is -2.12. The number of pyridine rings is 2. The first-order chi connectivity index (χ1) is 14.5. The molecule has 0 radical (unpaired) electrons. The Balaban J connectivity index is 1.90. The van der Waals surface area contributed by atoms with Crippen molar-refractivity contribution in [1.82, 2.24) is 9.97 Å². The maximum Gasteiger partial charge on any atom is 0.267 e. The van der Waals surface area contributed by atoms with Crippen LogP contribution in [-0.4, -0.2) is 15.9 Å². The number of nitrogens with one attached hydrogen (secondary N) is 1. The maximum absolute atomic E-state index is 12.8. The van der Waals surface area contributed by atoms with Crippen LogP contribution in [-0.2, 0) is 6.42 Å². The Bertz CT molecular complexity index is 1290. The molecule has 0 unspecified atom stereocenters. The summed E-state index contributed by atoms with van der Waals surface area (Å²) in [5.41, 5.74) is 16.1. The van der Waals surface area contributed by atoms with Gasteiger partial charge in [0.2, 0.25) is 0 Å². The number of aromatic nitrogens is 2. The van der Waals surface area contributed by atoms with Gasteiger partial charge in [-0.3, -0.25) is 9.78 Å². The van der Waals surface area contributed by atoms with Crippen LogP contribution < -0.4 is 16.8 Å². The number of hydrogen-bond acceptors (Lipinski definition) is 7. The van der Waals surface area contributed by atoms with Crippen LogP contribution in [0.5, 0.6) is 0 Å². The Labute approximate surface area is 177 Å². The Morgan fingerprint density at radius 3 is 2.63 bits per heavy atom. The third-order valence-corrected chi connectivity index (χ3v) is 5.89. The van der Waals surface area contributed by atoms with E-state index in [1.54, 1.807) is 24.5 Å². The molecule has 0 fully saturated rings. The lowest BCUT2D eigenvalue weighted by molar-refractivity contribution is 0.103. The Morgan fingerprint density at radius 2 is 2.00 bits per heavy atom. The van der Waals surface area contributed by atoms with Crippen molar-refractivity contribution in [2.45, 2.75) is 13.3 Å². The fourth-order valence-corrected chi connectivity index (χ4v) is 4.28. The van der Waals surface area contributed by atoms with E-state index in [0.29, 0.717) is 26.3 Å². The summed E-state index contributed by atoms with van der Waals surface area (Å²) in [5.74, 6) is -0.257. The van der Waals surface area contributed by atoms with Crippen molar-refractivity contribution in [2.24, 2.45) is 0 Å². The zero-order valence-electron chi connectivity index (χ0n) is 16.1. The molecular formula is C22H18N6OS. The van der Waals surface area contributed by atoms with Crippen LogP contribution in [0.2, 0.25) is 0 Å². The highest BCUT2D eigenvalue weighted by Crippen LogP contribution is 2.42. The zero-order valence-corrected chi connectivity index (χ0v) is 17.0. The number of fused-ring (bicyclic) bond motifs is 1. The standard InChI is InChI=1S/C22H18N6OS/c1-2-12-5-7-13(8-6-12)16-15(10-23)20(25)28-22-17(16)18(24)19(30-22)21(29)27-14-4-3-9-26-11-14/h3-9,11H,2,24H2,1H3,(H2,25,28)(H,27,29). The number of nitrogen functional groups attached to an aromatic ring is 2. The highest BCUT2D eigenvalue weighted by atomic mass is 32.1. The van der Waals surface area contributed by atoms with Crippen LogP contribution in [0.15, 0.2) is 48.8 Å². The number of benzene rings is 1. The molecule has 5 N–H and O–H groups in total. The van der Waals surface area contributed by atoms with E-state index >= 15 is 0 Å². The predicted octanol–water partition coefficient (Wildman–Crippen LogP) is 4.21. The van der Waals surface area contributed by atoms with Gasteiger partial charge in [-0.2, -0.15) is 5.26 Å². The third kappa shape index (κ3) is 3.32. The summed E-state index contributed by atoms with van der Waals surface area (Å²) in [7, 11) is 0. The molecule has 4 aromatic rings. The van der Waals surface area contributed by atoms with E-state index in [0.717, 1.165) is 23.3 Å². The van der Waals surface area contributed by atoms with Gasteiger partial charge in [0.25, 0.3) is 5.91 Å². The Hall–Kier alpha value is -3.96. The largest absolute Gasteiger partial charge is 0.397 e. The van der Waals surface area contributed by atoms with E-state index in [1.165, 1.54) is 5.56 Å². The highest BCUT2D eigenvalue weighted by Gasteiger charge is 2.24. The van der Waals surface area contributed by atoms with Crippen molar-refractivity contribution in [3.05, 3.63) is 64.8 Å². The molecule has 8 heteroatoms. The van der Waals surface area contributed by atoms with E-state index in [9.17, 15) is 10.1 Å². The molecule has 3 aromatic heterocycles. The van der Waals surface area contributed by atoms with Crippen LogP contribution in [0.3, 0.4) is 0 Å². The normalized spacial score (nSPS) is 10.7. The number of thiophene rings is 1. The van der Waals surface area contributed by atoms with Crippen molar-refractivity contribution in [1.29, 1.82) is 5.26 Å². The molecule has 4 rings (SSSR count). The van der Waals surface area contributed by atoms with Gasteiger partial charge in [0.15, 0.2) is 0 Å². The molecule has 0 aliphatic rings. The minimum Gasteiger partial charge on any atom is -0.397 e. The first-order valence-corrected chi connectivity index (χ1v) is 10.1. The smallest absolute Gasteiger partial charge is 0.267 e. The van der Waals surface area contributed by atoms with Crippen LogP contribution >= 0.6 is 11.3 Å². The SMILES string of the molecule is CCc1ccc(-c2c(C#N)c(N)nc3sc(C(=O)Nc4cccnc4)c(N)c23)cc1. The van der Waals surface area contributed by atoms with Crippen molar-refractivity contribution >= 4 is 44.7 Å². The summed E-state index contributed by atoms with van der Waals surface area (Å²) in [4.78, 5) is 22.0. The molecule has 0 spiro atoms. The van der Waals surface area contributed by atoms with Gasteiger partial charge in [-0.05, 0) is 29.7 Å². The molecule has 1 amide bonds. The number of nitrogens with zero attached hydrogens (tertiary/aromatic N) is 3. The minimum absolute atomic E-state index is 0.111. The number of aryl methyl sites for hydroxylation is 1. The van der Waals surface area contributed by atoms with Crippen molar-refractivity contribution < 1.29 is 4.79 Å². The molecular weight excluding hydrogens is 396 g/mol. The molecule has 0 bridgehead atoms. The number of carbonyl (C=O) groups excluding carboxylic acids is 1. The second-order valence-corrected chi connectivity index (χ2v) is 7.63. The predicted molar refractivity (Wildman–Crippen MR) is 120 cm³/mol. The highest BCUT2D eigenvalue weighted by molar-refractivity contribution is 7.21. The van der Waals surface area contributed by atoms with Crippen molar-refractivity contribution in [3.8, 4) is 17.2 Å². The van der Waals surface area contributed by atoms with Crippen molar-refractivity contribution in [2.75, 3.05) is 16.8 Å². The summed E-state index contributed by atoms with van der Waals surface area (Å²) in [5, 5.41) is 13.1. The summed E-state index contributed by atoms with van der Waals surface area (Å²) in [6, 6.07) is 13.5. The zero-order chi connectivity index (χ0) is 21.3. The number of nitrogens with two attached hydrogens (primary N) is 2. The summed E-state index contributed by atoms with van der Waals surface area (Å²) in [6.45, 7) is 2.07. The van der Waals surface area contributed by atoms with Crippen LogP contribution in [0.4, 0.5) is 17.2 Å². The molecule has 3 heterocycles. The Kier molecular flexibility index (Phi) is 5.04. The fourth-order valence-electron chi connectivity index (χ4n) is 3.27. The number of rotatable bonds is 4. The summed E-state index contributed by atoms with van der Waals surface area (Å²) < 4.78 is 0. The van der Waals surface area contributed by atoms with Crippen LogP contribution in [0.1, 0.15) is 27.7 Å². The lowest BCUT2D eigenvalue weighted by atomic mass is 9.96. The number of carbonyl (C=O) groups is 1. The van der Waals surface area contributed by atoms with Gasteiger partial charge in [-0.1, -0.05) is 31.2 Å².